The van der Waals surface area contributed by atoms with E-state index < -0.39 is 0 Å². The maximum absolute atomic E-state index is 2.62. The summed E-state index contributed by atoms with van der Waals surface area (Å²) in [7, 11) is 0. The first-order valence-corrected chi connectivity index (χ1v) is 12.9. The molecule has 4 aromatic rings. The Morgan fingerprint density at radius 1 is 0.706 bits per heavy atom. The van der Waals surface area contributed by atoms with E-state index in [0.29, 0.717) is 6.04 Å². The van der Waals surface area contributed by atoms with Gasteiger partial charge in [0.05, 0.1) is 0 Å². The molecule has 1 atom stereocenters. The van der Waals surface area contributed by atoms with E-state index in [4.69, 9.17) is 0 Å². The molecule has 0 bridgehead atoms. The fraction of sp³-hybridized carbons (Fsp3) is 0.226. The molecular weight excluding hydrogens is 432 g/mol. The van der Waals surface area contributed by atoms with Gasteiger partial charge in [0.2, 0.25) is 0 Å². The highest BCUT2D eigenvalue weighted by molar-refractivity contribution is 7.97. The third-order valence-corrected chi connectivity index (χ3v) is 7.81. The van der Waals surface area contributed by atoms with Crippen molar-refractivity contribution in [3.8, 4) is 11.1 Å². The number of hydrogen-bond donors (Lipinski definition) is 0. The Bertz CT molecular complexity index is 1170. The maximum Gasteiger partial charge on any atom is 0.0374 e. The lowest BCUT2D eigenvalue weighted by Crippen LogP contribution is -2.50. The Morgan fingerprint density at radius 3 is 2.12 bits per heavy atom. The summed E-state index contributed by atoms with van der Waals surface area (Å²) >= 11 is 1.91. The van der Waals surface area contributed by atoms with Gasteiger partial charge in [0.1, 0.15) is 0 Å². The number of hydrogen-bond acceptors (Lipinski definition) is 3. The first-order valence-electron chi connectivity index (χ1n) is 12.2. The van der Waals surface area contributed by atoms with Gasteiger partial charge in [-0.05, 0) is 65.2 Å². The molecule has 0 aromatic heterocycles. The molecule has 1 aliphatic rings. The van der Waals surface area contributed by atoms with Crippen molar-refractivity contribution >= 4 is 11.9 Å². The molecule has 5 rings (SSSR count). The summed E-state index contributed by atoms with van der Waals surface area (Å²) in [6.45, 7) is 6.42. The normalized spacial score (nSPS) is 17.0. The smallest absolute Gasteiger partial charge is 0.0374 e. The Hall–Kier alpha value is -2.85. The summed E-state index contributed by atoms with van der Waals surface area (Å²) < 4.78 is 2.60. The largest absolute Gasteiger partial charge is 0.296 e. The minimum atomic E-state index is 0.479. The van der Waals surface area contributed by atoms with Crippen LogP contribution in [0.25, 0.3) is 11.1 Å². The lowest BCUT2D eigenvalue weighted by atomic mass is 9.99. The zero-order chi connectivity index (χ0) is 23.2. The van der Waals surface area contributed by atoms with Crippen LogP contribution in [0.1, 0.15) is 16.7 Å². The predicted molar refractivity (Wildman–Crippen MR) is 145 cm³/mol. The first-order chi connectivity index (χ1) is 16.7. The molecule has 1 saturated heterocycles. The highest BCUT2D eigenvalue weighted by atomic mass is 32.2. The summed E-state index contributed by atoms with van der Waals surface area (Å²) in [5.41, 5.74) is 6.75. The van der Waals surface area contributed by atoms with Gasteiger partial charge >= 0.3 is 0 Å². The van der Waals surface area contributed by atoms with Crippen LogP contribution < -0.4 is 0 Å². The van der Waals surface area contributed by atoms with Gasteiger partial charge in [0, 0.05) is 37.1 Å². The minimum absolute atomic E-state index is 0.479. The topological polar surface area (TPSA) is 6.48 Å². The highest BCUT2D eigenvalue weighted by Gasteiger charge is 2.28. The van der Waals surface area contributed by atoms with Gasteiger partial charge in [0.15, 0.2) is 0 Å². The van der Waals surface area contributed by atoms with Gasteiger partial charge in [-0.1, -0.05) is 97.1 Å². The quantitative estimate of drug-likeness (QED) is 0.269. The van der Waals surface area contributed by atoms with Crippen LogP contribution in [-0.2, 0) is 13.0 Å². The Balaban J connectivity index is 1.28. The van der Waals surface area contributed by atoms with Crippen LogP contribution in [0.5, 0.6) is 0 Å². The maximum atomic E-state index is 2.62. The third kappa shape index (κ3) is 5.79. The van der Waals surface area contributed by atoms with Gasteiger partial charge in [-0.3, -0.25) is 4.90 Å². The van der Waals surface area contributed by atoms with Gasteiger partial charge in [-0.25, -0.2) is 4.31 Å². The molecule has 0 aliphatic carbocycles. The number of piperazine rings is 1. The standard InChI is InChI=1S/C31H32N2S/c1-25-10-8-9-15-31(25)28-18-16-27(17-19-28)23-32-20-21-33(34-30-13-6-3-7-14-30)29(24-32)22-26-11-4-2-5-12-26/h2-19,29H,20-24H2,1H3. The zero-order valence-electron chi connectivity index (χ0n) is 19.8. The molecule has 2 nitrogen and oxygen atoms in total. The molecule has 0 N–H and O–H groups in total. The van der Waals surface area contributed by atoms with E-state index in [0.717, 1.165) is 32.6 Å². The summed E-state index contributed by atoms with van der Waals surface area (Å²) in [5.74, 6) is 0. The number of benzene rings is 4. The second-order valence-corrected chi connectivity index (χ2v) is 10.3. The van der Waals surface area contributed by atoms with E-state index in [1.54, 1.807) is 0 Å². The van der Waals surface area contributed by atoms with Crippen molar-refractivity contribution in [3.05, 3.63) is 126 Å². The monoisotopic (exact) mass is 464 g/mol. The summed E-state index contributed by atoms with van der Waals surface area (Å²) in [5, 5.41) is 0. The van der Waals surface area contributed by atoms with E-state index in [-0.39, 0.29) is 0 Å². The molecule has 34 heavy (non-hydrogen) atoms. The third-order valence-electron chi connectivity index (χ3n) is 6.61. The number of rotatable bonds is 7. The van der Waals surface area contributed by atoms with Gasteiger partial charge < -0.3 is 0 Å². The second-order valence-electron chi connectivity index (χ2n) is 9.14. The lowest BCUT2D eigenvalue weighted by molar-refractivity contribution is 0.137. The van der Waals surface area contributed by atoms with Crippen molar-refractivity contribution in [2.75, 3.05) is 19.6 Å². The van der Waals surface area contributed by atoms with Crippen LogP contribution in [0.3, 0.4) is 0 Å². The molecule has 4 aromatic carbocycles. The lowest BCUT2D eigenvalue weighted by Gasteiger charge is -2.41. The average Bonchev–Trinajstić information content (AvgIpc) is 2.88. The summed E-state index contributed by atoms with van der Waals surface area (Å²) in [4.78, 5) is 3.94. The van der Waals surface area contributed by atoms with E-state index in [2.05, 4.69) is 125 Å². The van der Waals surface area contributed by atoms with Gasteiger partial charge in [-0.2, -0.15) is 0 Å². The van der Waals surface area contributed by atoms with E-state index in [1.165, 1.54) is 32.7 Å². The molecular formula is C31H32N2S. The first kappa shape index (κ1) is 22.9. The number of nitrogens with zero attached hydrogens (tertiary/aromatic N) is 2. The van der Waals surface area contributed by atoms with Crippen LogP contribution in [-0.4, -0.2) is 34.9 Å². The highest BCUT2D eigenvalue weighted by Crippen LogP contribution is 2.29. The van der Waals surface area contributed by atoms with Crippen molar-refractivity contribution in [3.63, 3.8) is 0 Å². The summed E-state index contributed by atoms with van der Waals surface area (Å²) in [6.07, 6.45) is 1.07. The van der Waals surface area contributed by atoms with Gasteiger partial charge in [0.25, 0.3) is 0 Å². The molecule has 1 heterocycles. The van der Waals surface area contributed by atoms with Crippen LogP contribution >= 0.6 is 11.9 Å². The van der Waals surface area contributed by atoms with Gasteiger partial charge in [-0.15, -0.1) is 0 Å². The van der Waals surface area contributed by atoms with Crippen molar-refractivity contribution in [2.24, 2.45) is 0 Å². The molecule has 3 heteroatoms. The van der Waals surface area contributed by atoms with Crippen LogP contribution in [0.2, 0.25) is 0 Å². The number of aryl methyl sites for hydroxylation is 1. The molecule has 0 spiro atoms. The minimum Gasteiger partial charge on any atom is -0.296 e. The van der Waals surface area contributed by atoms with E-state index in [9.17, 15) is 0 Å². The molecule has 1 unspecified atom stereocenters. The molecule has 0 radical (unpaired) electrons. The van der Waals surface area contributed by atoms with Crippen molar-refractivity contribution in [1.82, 2.24) is 9.21 Å². The Kier molecular flexibility index (Phi) is 7.45. The van der Waals surface area contributed by atoms with E-state index in [1.807, 2.05) is 11.9 Å². The van der Waals surface area contributed by atoms with Crippen molar-refractivity contribution in [2.45, 2.75) is 30.8 Å². The molecule has 1 aliphatic heterocycles. The van der Waals surface area contributed by atoms with Crippen LogP contribution in [0, 0.1) is 6.92 Å². The molecule has 0 amide bonds. The molecule has 1 fully saturated rings. The van der Waals surface area contributed by atoms with Crippen LogP contribution in [0.4, 0.5) is 0 Å². The second kappa shape index (κ2) is 11.1. The summed E-state index contributed by atoms with van der Waals surface area (Å²) in [6, 6.07) is 40.0. The van der Waals surface area contributed by atoms with Crippen molar-refractivity contribution in [1.29, 1.82) is 0 Å². The van der Waals surface area contributed by atoms with E-state index >= 15 is 0 Å². The zero-order valence-corrected chi connectivity index (χ0v) is 20.6. The fourth-order valence-electron chi connectivity index (χ4n) is 4.78. The van der Waals surface area contributed by atoms with Crippen molar-refractivity contribution < 1.29 is 0 Å². The SMILES string of the molecule is Cc1ccccc1-c1ccc(CN2CCN(Sc3ccccc3)C(Cc3ccccc3)C2)cc1. The Labute approximate surface area is 208 Å². The molecule has 172 valence electrons. The predicted octanol–water partition coefficient (Wildman–Crippen LogP) is 7.10. The molecule has 0 saturated carbocycles. The Morgan fingerprint density at radius 2 is 1.38 bits per heavy atom. The fourth-order valence-corrected chi connectivity index (χ4v) is 5.79. The van der Waals surface area contributed by atoms with Crippen LogP contribution in [0.15, 0.2) is 114 Å². The average molecular weight is 465 g/mol.